The van der Waals surface area contributed by atoms with Crippen molar-refractivity contribution in [3.63, 3.8) is 0 Å². The lowest BCUT2D eigenvalue weighted by Gasteiger charge is -2.28. The summed E-state index contributed by atoms with van der Waals surface area (Å²) in [5.74, 6) is -0.0535. The molecule has 3 amide bonds. The van der Waals surface area contributed by atoms with Gasteiger partial charge >= 0.3 is 6.03 Å². The summed E-state index contributed by atoms with van der Waals surface area (Å²) in [5, 5.41) is 2.99. The van der Waals surface area contributed by atoms with Crippen LogP contribution in [0.1, 0.15) is 35.2 Å². The molecule has 1 aliphatic carbocycles. The molecule has 0 aliphatic heterocycles. The van der Waals surface area contributed by atoms with Gasteiger partial charge in [-0.1, -0.05) is 36.4 Å². The van der Waals surface area contributed by atoms with Crippen LogP contribution in [0, 0.1) is 13.8 Å². The number of nitrogens with zero attached hydrogens (tertiary/aromatic N) is 3. The molecular formula is C27H32N4O2. The largest absolute Gasteiger partial charge is 0.353 e. The predicted octanol–water partition coefficient (Wildman–Crippen LogP) is 4.87. The molecule has 6 nitrogen and oxygen atoms in total. The van der Waals surface area contributed by atoms with Crippen LogP contribution in [0.25, 0.3) is 0 Å². The van der Waals surface area contributed by atoms with Gasteiger partial charge in [0.2, 0.25) is 5.91 Å². The van der Waals surface area contributed by atoms with Gasteiger partial charge in [-0.15, -0.1) is 0 Å². The lowest BCUT2D eigenvalue weighted by atomic mass is 10.1. The minimum absolute atomic E-state index is 0.0535. The summed E-state index contributed by atoms with van der Waals surface area (Å²) < 4.78 is 2.02. The summed E-state index contributed by atoms with van der Waals surface area (Å²) in [7, 11) is 1.98. The highest BCUT2D eigenvalue weighted by atomic mass is 16.2. The molecule has 33 heavy (non-hydrogen) atoms. The Morgan fingerprint density at radius 1 is 0.970 bits per heavy atom. The van der Waals surface area contributed by atoms with Gasteiger partial charge in [0, 0.05) is 37.2 Å². The van der Waals surface area contributed by atoms with E-state index in [1.54, 1.807) is 4.90 Å². The molecule has 0 atom stereocenters. The minimum atomic E-state index is -0.215. The summed E-state index contributed by atoms with van der Waals surface area (Å²) in [5.41, 5.74) is 5.18. The molecular weight excluding hydrogens is 412 g/mol. The zero-order valence-electron chi connectivity index (χ0n) is 19.6. The molecule has 0 saturated heterocycles. The van der Waals surface area contributed by atoms with Gasteiger partial charge in [-0.05, 0) is 67.6 Å². The third-order valence-corrected chi connectivity index (χ3v) is 6.29. The van der Waals surface area contributed by atoms with Crippen LogP contribution in [0.2, 0.25) is 0 Å². The van der Waals surface area contributed by atoms with E-state index in [1.807, 2.05) is 97.2 Å². The number of rotatable bonds is 8. The number of urea groups is 1. The second-order valence-electron chi connectivity index (χ2n) is 8.93. The highest BCUT2D eigenvalue weighted by Gasteiger charge is 2.35. The van der Waals surface area contributed by atoms with Gasteiger partial charge in [-0.3, -0.25) is 4.79 Å². The topological polar surface area (TPSA) is 57.6 Å². The molecule has 0 radical (unpaired) electrons. The van der Waals surface area contributed by atoms with E-state index in [2.05, 4.69) is 5.32 Å². The highest BCUT2D eigenvalue weighted by Crippen LogP contribution is 2.28. The summed E-state index contributed by atoms with van der Waals surface area (Å²) in [6.45, 7) is 5.14. The number of nitrogens with one attached hydrogen (secondary N) is 1. The lowest BCUT2D eigenvalue weighted by molar-refractivity contribution is -0.133. The Morgan fingerprint density at radius 3 is 2.36 bits per heavy atom. The van der Waals surface area contributed by atoms with Crippen LogP contribution in [-0.2, 0) is 24.9 Å². The molecule has 0 bridgehead atoms. The fraction of sp³-hybridized carbons (Fsp3) is 0.333. The van der Waals surface area contributed by atoms with Gasteiger partial charge in [0.25, 0.3) is 0 Å². The molecule has 1 aliphatic rings. The van der Waals surface area contributed by atoms with Crippen molar-refractivity contribution in [1.29, 1.82) is 0 Å². The lowest BCUT2D eigenvalue weighted by Crippen LogP contribution is -2.45. The van der Waals surface area contributed by atoms with Gasteiger partial charge in [-0.2, -0.15) is 0 Å². The zero-order valence-corrected chi connectivity index (χ0v) is 19.6. The van der Waals surface area contributed by atoms with Crippen molar-refractivity contribution in [2.75, 3.05) is 11.9 Å². The van der Waals surface area contributed by atoms with E-state index in [-0.39, 0.29) is 24.5 Å². The number of hydrogen-bond acceptors (Lipinski definition) is 2. The number of aromatic nitrogens is 1. The minimum Gasteiger partial charge on any atom is -0.353 e. The van der Waals surface area contributed by atoms with Crippen LogP contribution in [-0.4, -0.2) is 38.9 Å². The second kappa shape index (κ2) is 9.94. The maximum atomic E-state index is 13.5. The average molecular weight is 445 g/mol. The fourth-order valence-corrected chi connectivity index (χ4v) is 3.91. The molecule has 1 aromatic heterocycles. The van der Waals surface area contributed by atoms with Gasteiger partial charge < -0.3 is 19.7 Å². The number of carbonyl (C=O) groups excluding carboxylic acids is 2. The molecule has 0 unspecified atom stereocenters. The van der Waals surface area contributed by atoms with E-state index >= 15 is 0 Å². The van der Waals surface area contributed by atoms with Crippen LogP contribution in [0.5, 0.6) is 0 Å². The first-order valence-electron chi connectivity index (χ1n) is 11.5. The standard InChI is InChI=1S/C27H32N4O2/c1-20-11-12-23(16-21(20)2)28-27(33)31(24-13-14-24)19-26(32)30(17-22-8-5-4-6-9-22)18-25-10-7-15-29(25)3/h4-12,15-16,24H,13-14,17-19H2,1-3H3,(H,28,33). The van der Waals surface area contributed by atoms with Crippen molar-refractivity contribution in [2.24, 2.45) is 7.05 Å². The van der Waals surface area contributed by atoms with Gasteiger partial charge in [-0.25, -0.2) is 4.79 Å². The summed E-state index contributed by atoms with van der Waals surface area (Å²) in [6.07, 6.45) is 3.85. The molecule has 172 valence electrons. The average Bonchev–Trinajstić information content (AvgIpc) is 3.56. The first kappa shape index (κ1) is 22.6. The maximum Gasteiger partial charge on any atom is 0.322 e. The van der Waals surface area contributed by atoms with E-state index in [0.29, 0.717) is 13.1 Å². The Morgan fingerprint density at radius 2 is 1.73 bits per heavy atom. The Labute approximate surface area is 195 Å². The SMILES string of the molecule is Cc1ccc(NC(=O)N(CC(=O)N(Cc2ccccc2)Cc2cccn2C)C2CC2)cc1C. The van der Waals surface area contributed by atoms with E-state index in [9.17, 15) is 9.59 Å². The molecule has 1 heterocycles. The molecule has 1 fully saturated rings. The number of carbonyl (C=O) groups is 2. The summed E-state index contributed by atoms with van der Waals surface area (Å²) in [4.78, 5) is 30.1. The van der Waals surface area contributed by atoms with Crippen LogP contribution in [0.4, 0.5) is 10.5 Å². The van der Waals surface area contributed by atoms with Crippen molar-refractivity contribution in [3.8, 4) is 0 Å². The first-order valence-corrected chi connectivity index (χ1v) is 11.5. The monoisotopic (exact) mass is 444 g/mol. The number of aryl methyl sites for hydroxylation is 3. The molecule has 0 spiro atoms. The maximum absolute atomic E-state index is 13.5. The molecule has 6 heteroatoms. The van der Waals surface area contributed by atoms with Crippen LogP contribution in [0.15, 0.2) is 66.9 Å². The van der Waals surface area contributed by atoms with Crippen LogP contribution >= 0.6 is 0 Å². The number of anilines is 1. The highest BCUT2D eigenvalue weighted by molar-refractivity contribution is 5.93. The normalized spacial score (nSPS) is 12.9. The first-order chi connectivity index (χ1) is 15.9. The Balaban J connectivity index is 1.49. The third kappa shape index (κ3) is 5.83. The van der Waals surface area contributed by atoms with Crippen molar-refractivity contribution >= 4 is 17.6 Å². The van der Waals surface area contributed by atoms with Gasteiger partial charge in [0.1, 0.15) is 6.54 Å². The quantitative estimate of drug-likeness (QED) is 0.539. The number of benzene rings is 2. The van der Waals surface area contributed by atoms with Crippen molar-refractivity contribution < 1.29 is 9.59 Å². The van der Waals surface area contributed by atoms with Crippen LogP contribution in [0.3, 0.4) is 0 Å². The van der Waals surface area contributed by atoms with Crippen molar-refractivity contribution in [3.05, 3.63) is 89.2 Å². The second-order valence-corrected chi connectivity index (χ2v) is 8.93. The number of amides is 3. The molecule has 1 N–H and O–H groups in total. The zero-order chi connectivity index (χ0) is 23.4. The Hall–Kier alpha value is -3.54. The molecule has 3 aromatic rings. The van der Waals surface area contributed by atoms with Crippen LogP contribution < -0.4 is 5.32 Å². The molecule has 1 saturated carbocycles. The fourth-order valence-electron chi connectivity index (χ4n) is 3.91. The van der Waals surface area contributed by atoms with Crippen molar-refractivity contribution in [2.45, 2.75) is 45.8 Å². The van der Waals surface area contributed by atoms with E-state index in [0.717, 1.165) is 35.3 Å². The molecule has 4 rings (SSSR count). The Kier molecular flexibility index (Phi) is 6.82. The van der Waals surface area contributed by atoms with Gasteiger partial charge in [0.15, 0.2) is 0 Å². The van der Waals surface area contributed by atoms with E-state index in [4.69, 9.17) is 0 Å². The third-order valence-electron chi connectivity index (χ3n) is 6.29. The van der Waals surface area contributed by atoms with Crippen molar-refractivity contribution in [1.82, 2.24) is 14.4 Å². The summed E-state index contributed by atoms with van der Waals surface area (Å²) >= 11 is 0. The summed E-state index contributed by atoms with van der Waals surface area (Å²) in [6, 6.07) is 19.8. The van der Waals surface area contributed by atoms with Gasteiger partial charge in [0.05, 0.1) is 6.54 Å². The van der Waals surface area contributed by atoms with E-state index in [1.165, 1.54) is 5.56 Å². The Bertz CT molecular complexity index is 1120. The smallest absolute Gasteiger partial charge is 0.322 e. The van der Waals surface area contributed by atoms with E-state index < -0.39 is 0 Å². The number of hydrogen-bond donors (Lipinski definition) is 1. The predicted molar refractivity (Wildman–Crippen MR) is 131 cm³/mol. The molecule has 2 aromatic carbocycles.